The monoisotopic (exact) mass is 278 g/mol. The molecule has 7 nitrogen and oxygen atoms in total. The van der Waals surface area contributed by atoms with E-state index in [1.807, 2.05) is 6.92 Å². The van der Waals surface area contributed by atoms with Gasteiger partial charge < -0.3 is 10.3 Å². The number of nitrogens with one attached hydrogen (secondary N) is 2. The highest BCUT2D eigenvalue weighted by atomic mass is 16.2. The first-order chi connectivity index (χ1) is 9.61. The fourth-order valence-corrected chi connectivity index (χ4v) is 2.18. The Hall–Kier alpha value is -2.18. The smallest absolute Gasteiger partial charge is 0.229 e. The van der Waals surface area contributed by atoms with Crippen molar-refractivity contribution in [3.8, 4) is 0 Å². The number of carbonyl (C=O) groups excluding carboxylic acids is 3. The number of H-pyrrole nitrogens is 1. The lowest BCUT2D eigenvalue weighted by Gasteiger charge is -2.17. The quantitative estimate of drug-likeness (QED) is 0.741. The third-order valence-corrected chi connectivity index (χ3v) is 3.31. The number of imidazole rings is 1. The van der Waals surface area contributed by atoms with E-state index in [2.05, 4.69) is 15.3 Å². The van der Waals surface area contributed by atoms with Crippen molar-refractivity contribution in [2.45, 2.75) is 38.6 Å². The van der Waals surface area contributed by atoms with Gasteiger partial charge in [-0.05, 0) is 6.42 Å². The summed E-state index contributed by atoms with van der Waals surface area (Å²) in [5.41, 5.74) is 0. The summed E-state index contributed by atoms with van der Waals surface area (Å²) in [5, 5.41) is 2.84. The lowest BCUT2D eigenvalue weighted by molar-refractivity contribution is -0.138. The Morgan fingerprint density at radius 1 is 1.45 bits per heavy atom. The fourth-order valence-electron chi connectivity index (χ4n) is 2.18. The summed E-state index contributed by atoms with van der Waals surface area (Å²) in [6.07, 6.45) is 4.67. The van der Waals surface area contributed by atoms with Crippen molar-refractivity contribution < 1.29 is 14.4 Å². The average Bonchev–Trinajstić information content (AvgIpc) is 3.05. The van der Waals surface area contributed by atoms with Gasteiger partial charge >= 0.3 is 0 Å². The highest BCUT2D eigenvalue weighted by Gasteiger charge is 2.29. The maximum atomic E-state index is 11.9. The van der Waals surface area contributed by atoms with Crippen LogP contribution in [0.1, 0.15) is 44.5 Å². The molecule has 3 amide bonds. The molecule has 0 aliphatic carbocycles. The second kappa shape index (κ2) is 6.31. The molecule has 0 bridgehead atoms. The summed E-state index contributed by atoms with van der Waals surface area (Å²) in [5.74, 6) is 0.122. The lowest BCUT2D eigenvalue weighted by Crippen LogP contribution is -2.35. The molecule has 1 atom stereocenters. The van der Waals surface area contributed by atoms with Gasteiger partial charge in [-0.15, -0.1) is 0 Å². The largest absolute Gasteiger partial charge is 0.347 e. The van der Waals surface area contributed by atoms with Crippen molar-refractivity contribution in [2.75, 3.05) is 6.54 Å². The Morgan fingerprint density at radius 2 is 2.15 bits per heavy atom. The SMILES string of the molecule is CCC(NC(=O)CCN1C(=O)CCC1=O)c1ncc[nH]1. The van der Waals surface area contributed by atoms with Gasteiger partial charge in [-0.3, -0.25) is 19.3 Å². The predicted molar refractivity (Wildman–Crippen MR) is 70.3 cm³/mol. The first-order valence-corrected chi connectivity index (χ1v) is 6.73. The van der Waals surface area contributed by atoms with Gasteiger partial charge in [0, 0.05) is 38.2 Å². The van der Waals surface area contributed by atoms with Crippen LogP contribution in [-0.2, 0) is 14.4 Å². The van der Waals surface area contributed by atoms with Gasteiger partial charge in [0.25, 0.3) is 0 Å². The van der Waals surface area contributed by atoms with Crippen LogP contribution in [0.15, 0.2) is 12.4 Å². The summed E-state index contributed by atoms with van der Waals surface area (Å²) >= 11 is 0. The molecule has 1 saturated heterocycles. The van der Waals surface area contributed by atoms with E-state index in [1.54, 1.807) is 12.4 Å². The lowest BCUT2D eigenvalue weighted by atomic mass is 10.2. The number of carbonyl (C=O) groups is 3. The van der Waals surface area contributed by atoms with Crippen molar-refractivity contribution >= 4 is 17.7 Å². The van der Waals surface area contributed by atoms with Crippen LogP contribution in [-0.4, -0.2) is 39.1 Å². The van der Waals surface area contributed by atoms with Crippen molar-refractivity contribution in [3.63, 3.8) is 0 Å². The van der Waals surface area contributed by atoms with Crippen molar-refractivity contribution in [2.24, 2.45) is 0 Å². The molecular formula is C13H18N4O3. The molecule has 1 aromatic rings. The maximum absolute atomic E-state index is 11.9. The molecule has 1 unspecified atom stereocenters. The fraction of sp³-hybridized carbons (Fsp3) is 0.538. The highest BCUT2D eigenvalue weighted by Crippen LogP contribution is 2.13. The molecule has 0 saturated carbocycles. The number of imide groups is 1. The molecule has 7 heteroatoms. The van der Waals surface area contributed by atoms with Crippen LogP contribution in [0.5, 0.6) is 0 Å². The summed E-state index contributed by atoms with van der Waals surface area (Å²) in [6, 6.07) is -0.178. The first kappa shape index (κ1) is 14.2. The Bertz CT molecular complexity index is 482. The standard InChI is InChI=1S/C13H18N4O3/c1-2-9(13-14-6-7-15-13)16-10(18)5-8-17-11(19)3-4-12(17)20/h6-7,9H,2-5,8H2,1H3,(H,14,15)(H,16,18). The summed E-state index contributed by atoms with van der Waals surface area (Å²) in [4.78, 5) is 43.0. The zero-order valence-electron chi connectivity index (χ0n) is 11.4. The van der Waals surface area contributed by atoms with Gasteiger partial charge in [-0.25, -0.2) is 4.98 Å². The molecule has 0 aromatic carbocycles. The molecule has 0 spiro atoms. The second-order valence-electron chi connectivity index (χ2n) is 4.69. The van der Waals surface area contributed by atoms with E-state index in [4.69, 9.17) is 0 Å². The third-order valence-electron chi connectivity index (χ3n) is 3.31. The van der Waals surface area contributed by atoms with E-state index in [0.717, 1.165) is 4.90 Å². The van der Waals surface area contributed by atoms with E-state index in [0.29, 0.717) is 12.2 Å². The summed E-state index contributed by atoms with van der Waals surface area (Å²) in [6.45, 7) is 2.10. The van der Waals surface area contributed by atoms with Crippen molar-refractivity contribution in [1.29, 1.82) is 0 Å². The number of hydrogen-bond donors (Lipinski definition) is 2. The van der Waals surface area contributed by atoms with Gasteiger partial charge in [-0.2, -0.15) is 0 Å². The van der Waals surface area contributed by atoms with Crippen LogP contribution >= 0.6 is 0 Å². The minimum atomic E-state index is -0.194. The van der Waals surface area contributed by atoms with Gasteiger partial charge in [0.1, 0.15) is 5.82 Å². The summed E-state index contributed by atoms with van der Waals surface area (Å²) in [7, 11) is 0. The van der Waals surface area contributed by atoms with Gasteiger partial charge in [0.15, 0.2) is 0 Å². The number of rotatable bonds is 6. The van der Waals surface area contributed by atoms with E-state index in [-0.39, 0.29) is 49.6 Å². The predicted octanol–water partition coefficient (Wildman–Crippen LogP) is 0.516. The molecule has 1 fully saturated rings. The van der Waals surface area contributed by atoms with Gasteiger partial charge in [0.05, 0.1) is 6.04 Å². The molecule has 108 valence electrons. The molecule has 2 rings (SSSR count). The van der Waals surface area contributed by atoms with Crippen molar-refractivity contribution in [1.82, 2.24) is 20.2 Å². The van der Waals surface area contributed by atoms with Crippen LogP contribution in [0.4, 0.5) is 0 Å². The van der Waals surface area contributed by atoms with Crippen LogP contribution in [0.25, 0.3) is 0 Å². The second-order valence-corrected chi connectivity index (χ2v) is 4.69. The number of hydrogen-bond acceptors (Lipinski definition) is 4. The van der Waals surface area contributed by atoms with Crippen LogP contribution in [0.3, 0.4) is 0 Å². The van der Waals surface area contributed by atoms with Crippen LogP contribution in [0, 0.1) is 0 Å². The minimum Gasteiger partial charge on any atom is -0.347 e. The van der Waals surface area contributed by atoms with Gasteiger partial charge in [0.2, 0.25) is 17.7 Å². The molecule has 0 radical (unpaired) electrons. The topological polar surface area (TPSA) is 95.2 Å². The zero-order valence-corrected chi connectivity index (χ0v) is 11.4. The normalized spacial score (nSPS) is 16.6. The molecular weight excluding hydrogens is 260 g/mol. The molecule has 2 heterocycles. The van der Waals surface area contributed by atoms with Crippen LogP contribution < -0.4 is 5.32 Å². The first-order valence-electron chi connectivity index (χ1n) is 6.73. The van der Waals surface area contributed by atoms with Crippen LogP contribution in [0.2, 0.25) is 0 Å². The molecule has 2 N–H and O–H groups in total. The third kappa shape index (κ3) is 3.23. The Balaban J connectivity index is 1.83. The molecule has 1 aliphatic rings. The summed E-state index contributed by atoms with van der Waals surface area (Å²) < 4.78 is 0. The van der Waals surface area contributed by atoms with Gasteiger partial charge in [-0.1, -0.05) is 6.92 Å². The minimum absolute atomic E-state index is 0.120. The Labute approximate surface area is 116 Å². The van der Waals surface area contributed by atoms with E-state index in [9.17, 15) is 14.4 Å². The number of amides is 3. The Morgan fingerprint density at radius 3 is 2.70 bits per heavy atom. The van der Waals surface area contributed by atoms with E-state index in [1.165, 1.54) is 0 Å². The Kier molecular flexibility index (Phi) is 4.49. The number of likely N-dealkylation sites (tertiary alicyclic amines) is 1. The molecule has 20 heavy (non-hydrogen) atoms. The maximum Gasteiger partial charge on any atom is 0.229 e. The highest BCUT2D eigenvalue weighted by molar-refractivity contribution is 6.02. The van der Waals surface area contributed by atoms with Crippen molar-refractivity contribution in [3.05, 3.63) is 18.2 Å². The molecule has 1 aromatic heterocycles. The number of nitrogens with zero attached hydrogens (tertiary/aromatic N) is 2. The van der Waals surface area contributed by atoms with E-state index >= 15 is 0 Å². The zero-order chi connectivity index (χ0) is 14.5. The molecule has 1 aliphatic heterocycles. The average molecular weight is 278 g/mol. The van der Waals surface area contributed by atoms with E-state index < -0.39 is 0 Å². The number of aromatic nitrogens is 2. The number of aromatic amines is 1.